The zero-order valence-electron chi connectivity index (χ0n) is 12.2. The summed E-state index contributed by atoms with van der Waals surface area (Å²) in [6.45, 7) is 3.71. The lowest BCUT2D eigenvalue weighted by Crippen LogP contribution is -2.41. The van der Waals surface area contributed by atoms with Crippen molar-refractivity contribution < 1.29 is 4.79 Å². The third-order valence-electron chi connectivity index (χ3n) is 4.47. The highest BCUT2D eigenvalue weighted by Crippen LogP contribution is 2.32. The van der Waals surface area contributed by atoms with Crippen LogP contribution in [0, 0.1) is 0 Å². The van der Waals surface area contributed by atoms with Gasteiger partial charge in [-0.1, -0.05) is 0 Å². The van der Waals surface area contributed by atoms with E-state index in [9.17, 15) is 4.79 Å². The molecule has 2 saturated heterocycles. The Morgan fingerprint density at radius 1 is 1.35 bits per heavy atom. The molecule has 2 atom stereocenters. The normalized spacial score (nSPS) is 26.9. The lowest BCUT2D eigenvalue weighted by Gasteiger charge is -2.25. The Hall–Kier alpha value is -0.980. The van der Waals surface area contributed by atoms with Gasteiger partial charge in [-0.25, -0.2) is 4.98 Å². The maximum atomic E-state index is 11.9. The summed E-state index contributed by atoms with van der Waals surface area (Å²) in [5.74, 6) is 0.212. The number of likely N-dealkylation sites (tertiary alicyclic amines) is 2. The second-order valence-corrected chi connectivity index (χ2v) is 6.85. The topological polar surface area (TPSA) is 39.7 Å². The summed E-state index contributed by atoms with van der Waals surface area (Å²) in [5.41, 5.74) is 0. The maximum absolute atomic E-state index is 11.9. The Morgan fingerprint density at radius 3 is 2.70 bits per heavy atom. The molecule has 0 radical (unpaired) electrons. The summed E-state index contributed by atoms with van der Waals surface area (Å²) in [4.78, 5) is 22.9. The molecule has 0 aliphatic carbocycles. The standard InChI is InChI=1S/C14H22N4OS/c1-16(2)14(19)10-18-7-4-11-12(18)3-6-17(11)9-13-15-5-8-20-13/h5,8,11-12H,3-4,6-7,9-10H2,1-2H3/t11-,12+/m1/s1. The molecule has 1 aromatic rings. The summed E-state index contributed by atoms with van der Waals surface area (Å²) in [7, 11) is 3.67. The molecule has 1 aromatic heterocycles. The molecule has 5 nitrogen and oxygen atoms in total. The monoisotopic (exact) mass is 294 g/mol. The van der Waals surface area contributed by atoms with Crippen LogP contribution in [0.2, 0.25) is 0 Å². The van der Waals surface area contributed by atoms with Gasteiger partial charge < -0.3 is 4.90 Å². The van der Waals surface area contributed by atoms with E-state index in [1.807, 2.05) is 25.7 Å². The lowest BCUT2D eigenvalue weighted by atomic mass is 10.1. The van der Waals surface area contributed by atoms with Crippen molar-refractivity contribution in [3.05, 3.63) is 16.6 Å². The molecular weight excluding hydrogens is 272 g/mol. The predicted octanol–water partition coefficient (Wildman–Crippen LogP) is 0.880. The van der Waals surface area contributed by atoms with E-state index >= 15 is 0 Å². The molecule has 3 heterocycles. The molecule has 0 bridgehead atoms. The van der Waals surface area contributed by atoms with E-state index in [4.69, 9.17) is 0 Å². The van der Waals surface area contributed by atoms with Crippen LogP contribution in [0.1, 0.15) is 17.8 Å². The molecule has 0 N–H and O–H groups in total. The van der Waals surface area contributed by atoms with Crippen molar-refractivity contribution >= 4 is 17.2 Å². The number of fused-ring (bicyclic) bond motifs is 1. The van der Waals surface area contributed by atoms with E-state index in [1.54, 1.807) is 16.2 Å². The molecule has 0 aromatic carbocycles. The van der Waals surface area contributed by atoms with Crippen molar-refractivity contribution in [2.75, 3.05) is 33.7 Å². The number of amides is 1. The number of thiazole rings is 1. The van der Waals surface area contributed by atoms with E-state index in [0.29, 0.717) is 18.6 Å². The van der Waals surface area contributed by atoms with Crippen molar-refractivity contribution in [3.8, 4) is 0 Å². The van der Waals surface area contributed by atoms with E-state index in [2.05, 4.69) is 14.8 Å². The number of hydrogen-bond acceptors (Lipinski definition) is 5. The fourth-order valence-corrected chi connectivity index (χ4v) is 4.02. The number of rotatable bonds is 4. The molecule has 2 aliphatic heterocycles. The number of carbonyl (C=O) groups excluding carboxylic acids is 1. The maximum Gasteiger partial charge on any atom is 0.236 e. The van der Waals surface area contributed by atoms with Gasteiger partial charge in [0.05, 0.1) is 13.1 Å². The van der Waals surface area contributed by atoms with Crippen LogP contribution in [-0.2, 0) is 11.3 Å². The Bertz CT molecular complexity index is 462. The third-order valence-corrected chi connectivity index (χ3v) is 5.23. The van der Waals surface area contributed by atoms with Crippen LogP contribution < -0.4 is 0 Å². The average molecular weight is 294 g/mol. The highest BCUT2D eigenvalue weighted by Gasteiger charge is 2.42. The highest BCUT2D eigenvalue weighted by molar-refractivity contribution is 7.09. The molecule has 3 rings (SSSR count). The quantitative estimate of drug-likeness (QED) is 0.826. The van der Waals surface area contributed by atoms with Crippen LogP contribution >= 0.6 is 11.3 Å². The summed E-state index contributed by atoms with van der Waals surface area (Å²) in [6.07, 6.45) is 4.23. The summed E-state index contributed by atoms with van der Waals surface area (Å²) in [6, 6.07) is 1.16. The SMILES string of the molecule is CN(C)C(=O)CN1CC[C@@H]2[C@@H]1CCN2Cc1nccs1. The first-order valence-electron chi connectivity index (χ1n) is 7.22. The van der Waals surface area contributed by atoms with E-state index in [0.717, 1.165) is 19.6 Å². The molecule has 0 unspecified atom stereocenters. The molecular formula is C14H22N4OS. The van der Waals surface area contributed by atoms with Gasteiger partial charge in [-0.2, -0.15) is 0 Å². The third kappa shape index (κ3) is 2.73. The number of hydrogen-bond donors (Lipinski definition) is 0. The van der Waals surface area contributed by atoms with Gasteiger partial charge in [0.15, 0.2) is 0 Å². The Balaban J connectivity index is 1.59. The summed E-state index contributed by atoms with van der Waals surface area (Å²) < 4.78 is 0. The van der Waals surface area contributed by atoms with Gasteiger partial charge in [-0.05, 0) is 12.8 Å². The van der Waals surface area contributed by atoms with Crippen LogP contribution in [0.5, 0.6) is 0 Å². The smallest absolute Gasteiger partial charge is 0.236 e. The zero-order chi connectivity index (χ0) is 14.1. The zero-order valence-corrected chi connectivity index (χ0v) is 13.0. The van der Waals surface area contributed by atoms with Crippen LogP contribution in [0.3, 0.4) is 0 Å². The highest BCUT2D eigenvalue weighted by atomic mass is 32.1. The van der Waals surface area contributed by atoms with Gasteiger partial charge in [0.1, 0.15) is 5.01 Å². The molecule has 0 spiro atoms. The van der Waals surface area contributed by atoms with E-state index in [1.165, 1.54) is 17.8 Å². The molecule has 6 heteroatoms. The van der Waals surface area contributed by atoms with Crippen molar-refractivity contribution in [1.29, 1.82) is 0 Å². The molecule has 20 heavy (non-hydrogen) atoms. The fourth-order valence-electron chi connectivity index (χ4n) is 3.38. The fraction of sp³-hybridized carbons (Fsp3) is 0.714. The van der Waals surface area contributed by atoms with Crippen LogP contribution in [0.4, 0.5) is 0 Å². The van der Waals surface area contributed by atoms with Crippen LogP contribution in [-0.4, -0.2) is 71.4 Å². The second kappa shape index (κ2) is 5.79. The molecule has 1 amide bonds. The van der Waals surface area contributed by atoms with Gasteiger partial charge in [-0.3, -0.25) is 14.6 Å². The van der Waals surface area contributed by atoms with Crippen molar-refractivity contribution in [1.82, 2.24) is 19.7 Å². The average Bonchev–Trinajstić information content (AvgIpc) is 3.10. The largest absolute Gasteiger partial charge is 0.348 e. The minimum Gasteiger partial charge on any atom is -0.348 e. The van der Waals surface area contributed by atoms with Gasteiger partial charge in [-0.15, -0.1) is 11.3 Å². The predicted molar refractivity (Wildman–Crippen MR) is 79.6 cm³/mol. The minimum atomic E-state index is 0.212. The van der Waals surface area contributed by atoms with Gasteiger partial charge in [0.2, 0.25) is 5.91 Å². The second-order valence-electron chi connectivity index (χ2n) is 5.87. The van der Waals surface area contributed by atoms with Gasteiger partial charge in [0.25, 0.3) is 0 Å². The first-order chi connectivity index (χ1) is 9.65. The minimum absolute atomic E-state index is 0.212. The molecule has 2 aliphatic rings. The Labute approximate surface area is 124 Å². The number of likely N-dealkylation sites (N-methyl/N-ethyl adjacent to an activating group) is 1. The van der Waals surface area contributed by atoms with Crippen molar-refractivity contribution in [2.45, 2.75) is 31.5 Å². The van der Waals surface area contributed by atoms with E-state index in [-0.39, 0.29) is 5.91 Å². The first kappa shape index (κ1) is 14.0. The van der Waals surface area contributed by atoms with Crippen LogP contribution in [0.15, 0.2) is 11.6 Å². The number of nitrogens with zero attached hydrogens (tertiary/aromatic N) is 4. The Morgan fingerprint density at radius 2 is 2.05 bits per heavy atom. The van der Waals surface area contributed by atoms with Gasteiger partial charge >= 0.3 is 0 Å². The first-order valence-corrected chi connectivity index (χ1v) is 8.10. The summed E-state index contributed by atoms with van der Waals surface area (Å²) in [5, 5.41) is 3.24. The molecule has 110 valence electrons. The number of aromatic nitrogens is 1. The molecule has 2 fully saturated rings. The van der Waals surface area contributed by atoms with Crippen LogP contribution in [0.25, 0.3) is 0 Å². The van der Waals surface area contributed by atoms with Crippen molar-refractivity contribution in [3.63, 3.8) is 0 Å². The number of carbonyl (C=O) groups is 1. The van der Waals surface area contributed by atoms with Gasteiger partial charge in [0, 0.05) is 50.8 Å². The van der Waals surface area contributed by atoms with Crippen molar-refractivity contribution in [2.24, 2.45) is 0 Å². The summed E-state index contributed by atoms with van der Waals surface area (Å²) >= 11 is 1.73. The van der Waals surface area contributed by atoms with E-state index < -0.39 is 0 Å². The molecule has 0 saturated carbocycles. The Kier molecular flexibility index (Phi) is 4.05. The lowest BCUT2D eigenvalue weighted by molar-refractivity contribution is -0.130.